The molecule has 4 rings (SSSR count). The van der Waals surface area contributed by atoms with E-state index < -0.39 is 21.6 Å². The van der Waals surface area contributed by atoms with E-state index in [1.807, 2.05) is 0 Å². The van der Waals surface area contributed by atoms with Crippen LogP contribution in [0.3, 0.4) is 0 Å². The molecule has 6 nitrogen and oxygen atoms in total. The van der Waals surface area contributed by atoms with Gasteiger partial charge in [-0.2, -0.15) is 13.1 Å². The first-order valence-corrected chi connectivity index (χ1v) is 11.1. The predicted molar refractivity (Wildman–Crippen MR) is 99.7 cm³/mol. The lowest BCUT2D eigenvalue weighted by atomic mass is 9.73. The predicted octanol–water partition coefficient (Wildman–Crippen LogP) is 2.23. The molecule has 28 heavy (non-hydrogen) atoms. The van der Waals surface area contributed by atoms with Crippen molar-refractivity contribution in [1.29, 1.82) is 0 Å². The van der Waals surface area contributed by atoms with Crippen LogP contribution in [0.2, 0.25) is 0 Å². The summed E-state index contributed by atoms with van der Waals surface area (Å²) >= 11 is 0. The highest BCUT2D eigenvalue weighted by Gasteiger charge is 2.56. The van der Waals surface area contributed by atoms with E-state index in [9.17, 15) is 17.2 Å². The van der Waals surface area contributed by atoms with Crippen LogP contribution >= 0.6 is 0 Å². The Hall–Kier alpha value is -1.16. The molecule has 4 heterocycles. The van der Waals surface area contributed by atoms with Gasteiger partial charge >= 0.3 is 0 Å². The topological polar surface area (TPSA) is 62.7 Å². The van der Waals surface area contributed by atoms with Crippen LogP contribution in [0.4, 0.5) is 8.78 Å². The number of nitrogens with zero attached hydrogens (tertiary/aromatic N) is 3. The van der Waals surface area contributed by atoms with Crippen molar-refractivity contribution in [2.75, 3.05) is 39.4 Å². The lowest BCUT2D eigenvalue weighted by Crippen LogP contribution is -2.74. The van der Waals surface area contributed by atoms with E-state index in [2.05, 4.69) is 16.8 Å². The second-order valence-corrected chi connectivity index (χ2v) is 10.6. The average molecular weight is 416 g/mol. The zero-order chi connectivity index (χ0) is 20.3. The zero-order valence-electron chi connectivity index (χ0n) is 16.5. The van der Waals surface area contributed by atoms with Crippen molar-refractivity contribution in [3.8, 4) is 0 Å². The number of aryl methyl sites for hydroxylation is 1. The van der Waals surface area contributed by atoms with Crippen LogP contribution in [0.5, 0.6) is 0 Å². The van der Waals surface area contributed by atoms with E-state index in [0.717, 1.165) is 45.7 Å². The van der Waals surface area contributed by atoms with Gasteiger partial charge < -0.3 is 4.74 Å². The first-order valence-electron chi connectivity index (χ1n) is 9.70. The fraction of sp³-hybridized carbons (Fsp3) is 0.737. The number of sulfonamides is 1. The Morgan fingerprint density at radius 3 is 2.50 bits per heavy atom. The average Bonchev–Trinajstić information content (AvgIpc) is 3.04. The molecule has 0 amide bonds. The van der Waals surface area contributed by atoms with Gasteiger partial charge in [0.25, 0.3) is 5.92 Å². The molecular formula is C19H27F2N3O3S. The van der Waals surface area contributed by atoms with Gasteiger partial charge in [-0.3, -0.25) is 9.88 Å². The lowest BCUT2D eigenvalue weighted by Gasteiger charge is -2.61. The minimum absolute atomic E-state index is 0.0167. The molecule has 156 valence electrons. The molecule has 0 bridgehead atoms. The Balaban J connectivity index is 1.39. The molecule has 0 radical (unpaired) electrons. The van der Waals surface area contributed by atoms with Crippen molar-refractivity contribution in [3.05, 3.63) is 23.5 Å². The SMILES string of the molecule is Cc1nc(C(C)(F)F)ccc1S(=O)(=O)N1CC2(CN(C(C)[C@@H]3CCOC3)C2)C1. The normalized spacial score (nSPS) is 26.8. The highest BCUT2D eigenvalue weighted by Crippen LogP contribution is 2.44. The van der Waals surface area contributed by atoms with E-state index in [1.54, 1.807) is 0 Å². The summed E-state index contributed by atoms with van der Waals surface area (Å²) in [5.41, 5.74) is -0.271. The number of hydrogen-bond donors (Lipinski definition) is 0. The molecule has 0 saturated carbocycles. The number of rotatable bonds is 5. The molecule has 2 atom stereocenters. The van der Waals surface area contributed by atoms with Crippen LogP contribution in [0.1, 0.15) is 31.7 Å². The van der Waals surface area contributed by atoms with Crippen LogP contribution in [0.15, 0.2) is 17.0 Å². The molecule has 3 aliphatic heterocycles. The molecule has 0 aliphatic carbocycles. The minimum atomic E-state index is -3.71. The third-order valence-electron chi connectivity index (χ3n) is 6.43. The summed E-state index contributed by atoms with van der Waals surface area (Å²) in [6, 6.07) is 2.81. The number of pyridine rings is 1. The second kappa shape index (κ2) is 6.68. The maximum absolute atomic E-state index is 13.4. The Labute approximate surface area is 164 Å². The second-order valence-electron chi connectivity index (χ2n) is 8.71. The molecule has 3 saturated heterocycles. The van der Waals surface area contributed by atoms with Gasteiger partial charge in [0.15, 0.2) is 0 Å². The number of halogens is 2. The maximum Gasteiger partial charge on any atom is 0.286 e. The van der Waals surface area contributed by atoms with Crippen LogP contribution < -0.4 is 0 Å². The van der Waals surface area contributed by atoms with Gasteiger partial charge in [-0.1, -0.05) is 0 Å². The van der Waals surface area contributed by atoms with Gasteiger partial charge in [-0.15, -0.1) is 0 Å². The van der Waals surface area contributed by atoms with Gasteiger partial charge in [0.2, 0.25) is 10.0 Å². The molecule has 1 aromatic heterocycles. The highest BCUT2D eigenvalue weighted by atomic mass is 32.2. The Bertz CT molecular complexity index is 852. The van der Waals surface area contributed by atoms with Crippen molar-refractivity contribution in [2.24, 2.45) is 11.3 Å². The molecular weight excluding hydrogens is 388 g/mol. The van der Waals surface area contributed by atoms with Crippen LogP contribution in [-0.2, 0) is 20.7 Å². The number of aromatic nitrogens is 1. The van der Waals surface area contributed by atoms with Crippen LogP contribution in [0.25, 0.3) is 0 Å². The van der Waals surface area contributed by atoms with Crippen LogP contribution in [-0.4, -0.2) is 68.0 Å². The highest BCUT2D eigenvalue weighted by molar-refractivity contribution is 7.89. The molecule has 1 spiro atoms. The smallest absolute Gasteiger partial charge is 0.286 e. The first kappa shape index (κ1) is 20.1. The van der Waals surface area contributed by atoms with Gasteiger partial charge in [0.05, 0.1) is 12.3 Å². The maximum atomic E-state index is 13.4. The molecule has 1 aromatic rings. The summed E-state index contributed by atoms with van der Waals surface area (Å²) in [5.74, 6) is -2.54. The monoisotopic (exact) mass is 415 g/mol. The summed E-state index contributed by atoms with van der Waals surface area (Å²) in [6.45, 7) is 8.83. The quantitative estimate of drug-likeness (QED) is 0.738. The van der Waals surface area contributed by atoms with E-state index in [0.29, 0.717) is 25.0 Å². The van der Waals surface area contributed by atoms with Crippen molar-refractivity contribution in [3.63, 3.8) is 0 Å². The number of hydrogen-bond acceptors (Lipinski definition) is 5. The zero-order valence-corrected chi connectivity index (χ0v) is 17.3. The van der Waals surface area contributed by atoms with E-state index >= 15 is 0 Å². The minimum Gasteiger partial charge on any atom is -0.381 e. The van der Waals surface area contributed by atoms with Crippen LogP contribution in [0, 0.1) is 18.3 Å². The third kappa shape index (κ3) is 3.36. The van der Waals surface area contributed by atoms with Crippen molar-refractivity contribution in [2.45, 2.75) is 44.1 Å². The number of alkyl halides is 2. The van der Waals surface area contributed by atoms with Gasteiger partial charge in [-0.25, -0.2) is 8.42 Å². The molecule has 0 aromatic carbocycles. The fourth-order valence-electron chi connectivity index (χ4n) is 4.61. The molecule has 3 aliphatic rings. The summed E-state index contributed by atoms with van der Waals surface area (Å²) in [7, 11) is -3.71. The summed E-state index contributed by atoms with van der Waals surface area (Å²) in [6.07, 6.45) is 1.09. The molecule has 3 fully saturated rings. The number of likely N-dealkylation sites (tertiary alicyclic amines) is 1. The largest absolute Gasteiger partial charge is 0.381 e. The molecule has 9 heteroatoms. The summed E-state index contributed by atoms with van der Waals surface area (Å²) in [5, 5.41) is 0. The third-order valence-corrected chi connectivity index (χ3v) is 8.35. The summed E-state index contributed by atoms with van der Waals surface area (Å²) in [4.78, 5) is 6.25. The van der Waals surface area contributed by atoms with Crippen molar-refractivity contribution in [1.82, 2.24) is 14.2 Å². The van der Waals surface area contributed by atoms with Gasteiger partial charge in [-0.05, 0) is 38.3 Å². The lowest BCUT2D eigenvalue weighted by molar-refractivity contribution is -0.106. The van der Waals surface area contributed by atoms with Gasteiger partial charge in [0.1, 0.15) is 10.6 Å². The Kier molecular flexibility index (Phi) is 4.80. The van der Waals surface area contributed by atoms with E-state index in [4.69, 9.17) is 4.74 Å². The number of ether oxygens (including phenoxy) is 1. The van der Waals surface area contributed by atoms with E-state index in [-0.39, 0.29) is 16.0 Å². The van der Waals surface area contributed by atoms with E-state index in [1.165, 1.54) is 17.3 Å². The van der Waals surface area contributed by atoms with Crippen molar-refractivity contribution >= 4 is 10.0 Å². The fourth-order valence-corrected chi connectivity index (χ4v) is 6.44. The first-order chi connectivity index (χ1) is 13.0. The standard InChI is InChI=1S/C19H27F2N3O3S/c1-13-16(4-5-17(22-13)18(3,20)21)28(25,26)24-11-19(12-24)9-23(10-19)14(2)15-6-7-27-8-15/h4-5,14-15H,6-12H2,1-3H3/t14?,15-/m1/s1. The summed E-state index contributed by atoms with van der Waals surface area (Å²) < 4.78 is 59.6. The Morgan fingerprint density at radius 1 is 1.29 bits per heavy atom. The molecule has 0 N–H and O–H groups in total. The van der Waals surface area contributed by atoms with Gasteiger partial charge in [0, 0.05) is 51.2 Å². The van der Waals surface area contributed by atoms with Crippen molar-refractivity contribution < 1.29 is 21.9 Å². The Morgan fingerprint density at radius 2 is 1.96 bits per heavy atom. The molecule has 1 unspecified atom stereocenters.